The van der Waals surface area contributed by atoms with Crippen LogP contribution in [0.5, 0.6) is 5.75 Å². The lowest BCUT2D eigenvalue weighted by Gasteiger charge is -2.32. The number of sulfonamides is 1. The molecule has 0 aliphatic rings. The second-order valence-corrected chi connectivity index (χ2v) is 12.3. The minimum Gasteiger partial charge on any atom is -0.497 e. The topological polar surface area (TPSA) is 96.0 Å². The van der Waals surface area contributed by atoms with Crippen molar-refractivity contribution >= 4 is 43.5 Å². The van der Waals surface area contributed by atoms with Crippen molar-refractivity contribution in [3.8, 4) is 5.75 Å². The molecule has 10 heteroatoms. The molecule has 208 valence electrons. The first-order valence-corrected chi connectivity index (χ1v) is 14.7. The number of nitrogens with zero attached hydrogens (tertiary/aromatic N) is 2. The molecule has 1 N–H and O–H groups in total. The summed E-state index contributed by atoms with van der Waals surface area (Å²) in [6.45, 7) is 6.79. The largest absolute Gasteiger partial charge is 0.497 e. The van der Waals surface area contributed by atoms with Crippen molar-refractivity contribution in [2.45, 2.75) is 51.2 Å². The fourth-order valence-corrected chi connectivity index (χ4v) is 5.57. The van der Waals surface area contributed by atoms with Crippen LogP contribution in [0, 0.1) is 6.92 Å². The number of benzene rings is 3. The van der Waals surface area contributed by atoms with Crippen LogP contribution in [-0.2, 0) is 26.2 Å². The highest BCUT2D eigenvalue weighted by atomic mass is 79.9. The van der Waals surface area contributed by atoms with Crippen molar-refractivity contribution in [2.75, 3.05) is 18.0 Å². The van der Waals surface area contributed by atoms with Gasteiger partial charge in [0.05, 0.1) is 17.7 Å². The quantitative estimate of drug-likeness (QED) is 0.331. The molecule has 0 aromatic heterocycles. The molecular weight excluding hydrogens is 582 g/mol. The van der Waals surface area contributed by atoms with E-state index in [9.17, 15) is 18.0 Å². The van der Waals surface area contributed by atoms with Crippen LogP contribution in [0.4, 0.5) is 5.69 Å². The zero-order valence-electron chi connectivity index (χ0n) is 22.7. The van der Waals surface area contributed by atoms with Gasteiger partial charge < -0.3 is 15.0 Å². The van der Waals surface area contributed by atoms with Crippen LogP contribution >= 0.6 is 15.9 Å². The minimum atomic E-state index is -4.11. The molecular formula is C29H34BrN3O5S. The highest BCUT2D eigenvalue weighted by molar-refractivity contribution is 9.10. The Balaban J connectivity index is 2.01. The zero-order chi connectivity index (χ0) is 28.7. The fraction of sp³-hybridized carbons (Fsp3) is 0.310. The Kier molecular flexibility index (Phi) is 10.2. The molecule has 3 aromatic carbocycles. The van der Waals surface area contributed by atoms with Crippen molar-refractivity contribution in [1.82, 2.24) is 10.2 Å². The summed E-state index contributed by atoms with van der Waals surface area (Å²) in [4.78, 5) is 28.3. The molecule has 0 spiro atoms. The highest BCUT2D eigenvalue weighted by Crippen LogP contribution is 2.26. The van der Waals surface area contributed by atoms with Crippen molar-refractivity contribution < 1.29 is 22.7 Å². The fourth-order valence-electron chi connectivity index (χ4n) is 3.89. The van der Waals surface area contributed by atoms with E-state index in [4.69, 9.17) is 4.74 Å². The molecule has 0 unspecified atom stereocenters. The Bertz CT molecular complexity index is 1380. The standard InChI is InChI=1S/C29H34BrN3O5S/c1-20(2)31-29(35)22(4)32(18-23-8-14-26(38-5)15-9-23)28(34)19-33(25-12-10-24(30)11-13-25)39(36,37)27-16-6-21(3)7-17-27/h6-17,20,22H,18-19H2,1-5H3,(H,31,35)/t22-/m1/s1. The summed E-state index contributed by atoms with van der Waals surface area (Å²) >= 11 is 3.38. The molecule has 3 rings (SSSR count). The van der Waals surface area contributed by atoms with Gasteiger partial charge in [-0.1, -0.05) is 45.8 Å². The number of amides is 2. The molecule has 0 saturated heterocycles. The lowest BCUT2D eigenvalue weighted by Crippen LogP contribution is -2.52. The van der Waals surface area contributed by atoms with Gasteiger partial charge in [0, 0.05) is 17.1 Å². The van der Waals surface area contributed by atoms with Crippen LogP contribution in [0.3, 0.4) is 0 Å². The van der Waals surface area contributed by atoms with Gasteiger partial charge in [-0.15, -0.1) is 0 Å². The number of halogens is 1. The van der Waals surface area contributed by atoms with Gasteiger partial charge in [0.1, 0.15) is 18.3 Å². The van der Waals surface area contributed by atoms with Crippen LogP contribution in [0.1, 0.15) is 31.9 Å². The van der Waals surface area contributed by atoms with Crippen LogP contribution in [0.25, 0.3) is 0 Å². The number of methoxy groups -OCH3 is 1. The zero-order valence-corrected chi connectivity index (χ0v) is 25.1. The molecule has 0 heterocycles. The third-order valence-corrected chi connectivity index (χ3v) is 8.43. The smallest absolute Gasteiger partial charge is 0.264 e. The summed E-state index contributed by atoms with van der Waals surface area (Å²) in [5, 5.41) is 2.84. The van der Waals surface area contributed by atoms with Crippen LogP contribution < -0.4 is 14.4 Å². The van der Waals surface area contributed by atoms with E-state index in [1.165, 1.54) is 17.0 Å². The lowest BCUT2D eigenvalue weighted by molar-refractivity contribution is -0.139. The average molecular weight is 617 g/mol. The van der Waals surface area contributed by atoms with E-state index in [0.717, 1.165) is 19.9 Å². The maximum atomic E-state index is 13.9. The predicted molar refractivity (Wildman–Crippen MR) is 156 cm³/mol. The Hall–Kier alpha value is -3.37. The average Bonchev–Trinajstić information content (AvgIpc) is 2.90. The lowest BCUT2D eigenvalue weighted by atomic mass is 10.1. The summed E-state index contributed by atoms with van der Waals surface area (Å²) in [5.41, 5.74) is 2.01. The SMILES string of the molecule is COc1ccc(CN(C(=O)CN(c2ccc(Br)cc2)S(=O)(=O)c2ccc(C)cc2)[C@H](C)C(=O)NC(C)C)cc1. The van der Waals surface area contributed by atoms with Crippen LogP contribution in [0.2, 0.25) is 0 Å². The summed E-state index contributed by atoms with van der Waals surface area (Å²) in [5.74, 6) is -0.188. The van der Waals surface area contributed by atoms with Crippen LogP contribution in [0.15, 0.2) is 82.2 Å². The minimum absolute atomic E-state index is 0.0659. The summed E-state index contributed by atoms with van der Waals surface area (Å²) in [6.07, 6.45) is 0. The molecule has 0 saturated carbocycles. The Labute approximate surface area is 239 Å². The summed E-state index contributed by atoms with van der Waals surface area (Å²) in [7, 11) is -2.54. The number of aryl methyl sites for hydroxylation is 1. The normalized spacial score (nSPS) is 12.1. The Morgan fingerprint density at radius 1 is 0.923 bits per heavy atom. The number of nitrogens with one attached hydrogen (secondary N) is 1. The highest BCUT2D eigenvalue weighted by Gasteiger charge is 2.32. The van der Waals surface area contributed by atoms with E-state index in [-0.39, 0.29) is 23.4 Å². The second kappa shape index (κ2) is 13.1. The molecule has 0 radical (unpaired) electrons. The third-order valence-electron chi connectivity index (χ3n) is 6.11. The summed E-state index contributed by atoms with van der Waals surface area (Å²) < 4.78 is 34.7. The molecule has 3 aromatic rings. The van der Waals surface area contributed by atoms with Crippen molar-refractivity contribution in [3.63, 3.8) is 0 Å². The number of carbonyl (C=O) groups excluding carboxylic acids is 2. The molecule has 1 atom stereocenters. The van der Waals surface area contributed by atoms with E-state index in [1.807, 2.05) is 32.9 Å². The molecule has 0 aliphatic heterocycles. The molecule has 0 bridgehead atoms. The monoisotopic (exact) mass is 615 g/mol. The maximum absolute atomic E-state index is 13.9. The second-order valence-electron chi connectivity index (χ2n) is 9.51. The molecule has 0 fully saturated rings. The molecule has 39 heavy (non-hydrogen) atoms. The van der Waals surface area contributed by atoms with Crippen LogP contribution in [-0.4, -0.2) is 50.9 Å². The van der Waals surface area contributed by atoms with E-state index in [1.54, 1.807) is 62.6 Å². The Morgan fingerprint density at radius 2 is 1.51 bits per heavy atom. The first-order chi connectivity index (χ1) is 18.4. The van der Waals surface area contributed by atoms with E-state index in [0.29, 0.717) is 11.4 Å². The molecule has 2 amide bonds. The van der Waals surface area contributed by atoms with Crippen molar-refractivity contribution in [2.24, 2.45) is 0 Å². The van der Waals surface area contributed by atoms with Gasteiger partial charge in [-0.2, -0.15) is 0 Å². The van der Waals surface area contributed by atoms with Crippen molar-refractivity contribution in [1.29, 1.82) is 0 Å². The first-order valence-electron chi connectivity index (χ1n) is 12.5. The third kappa shape index (κ3) is 7.83. The first kappa shape index (κ1) is 30.2. The van der Waals surface area contributed by atoms with Gasteiger partial charge in [0.15, 0.2) is 0 Å². The Morgan fingerprint density at radius 3 is 2.05 bits per heavy atom. The van der Waals surface area contributed by atoms with Gasteiger partial charge in [0.2, 0.25) is 11.8 Å². The number of anilines is 1. The van der Waals surface area contributed by atoms with E-state index in [2.05, 4.69) is 21.2 Å². The number of rotatable bonds is 11. The number of hydrogen-bond acceptors (Lipinski definition) is 5. The van der Waals surface area contributed by atoms with E-state index >= 15 is 0 Å². The van der Waals surface area contributed by atoms with Gasteiger partial charge in [0.25, 0.3) is 10.0 Å². The summed E-state index contributed by atoms with van der Waals surface area (Å²) in [6, 6.07) is 19.3. The number of ether oxygens (including phenoxy) is 1. The molecule has 0 aliphatic carbocycles. The van der Waals surface area contributed by atoms with Crippen molar-refractivity contribution in [3.05, 3.63) is 88.4 Å². The van der Waals surface area contributed by atoms with Gasteiger partial charge in [-0.05, 0) is 81.8 Å². The maximum Gasteiger partial charge on any atom is 0.264 e. The van der Waals surface area contributed by atoms with E-state index < -0.39 is 28.5 Å². The van der Waals surface area contributed by atoms with Gasteiger partial charge in [-0.3, -0.25) is 13.9 Å². The molecule has 8 nitrogen and oxygen atoms in total. The number of carbonyl (C=O) groups is 2. The van der Waals surface area contributed by atoms with Gasteiger partial charge >= 0.3 is 0 Å². The van der Waals surface area contributed by atoms with Gasteiger partial charge in [-0.25, -0.2) is 8.42 Å². The number of hydrogen-bond donors (Lipinski definition) is 1. The predicted octanol–water partition coefficient (Wildman–Crippen LogP) is 4.90.